The third kappa shape index (κ3) is 2.98. The van der Waals surface area contributed by atoms with Crippen molar-refractivity contribution in [2.75, 3.05) is 7.05 Å². The molecule has 1 aromatic rings. The van der Waals surface area contributed by atoms with Gasteiger partial charge in [-0.3, -0.25) is 9.59 Å². The molecule has 2 atom stereocenters. The molecule has 0 bridgehead atoms. The first-order chi connectivity index (χ1) is 10.2. The van der Waals surface area contributed by atoms with Gasteiger partial charge in [0, 0.05) is 24.4 Å². The largest absolute Gasteiger partial charge is 0.353 e. The molecule has 3 rings (SSSR count). The van der Waals surface area contributed by atoms with E-state index >= 15 is 0 Å². The lowest BCUT2D eigenvalue weighted by molar-refractivity contribution is -0.128. The van der Waals surface area contributed by atoms with E-state index in [-0.39, 0.29) is 23.8 Å². The number of rotatable bonds is 3. The molecule has 1 aliphatic heterocycles. The lowest BCUT2D eigenvalue weighted by atomic mass is 9.93. The van der Waals surface area contributed by atoms with Crippen molar-refractivity contribution in [1.29, 1.82) is 0 Å². The Balaban J connectivity index is 1.72. The van der Waals surface area contributed by atoms with E-state index in [0.29, 0.717) is 12.5 Å². The molecule has 1 saturated carbocycles. The molecule has 1 saturated heterocycles. The number of nitrogens with zero attached hydrogens (tertiary/aromatic N) is 1. The van der Waals surface area contributed by atoms with Gasteiger partial charge in [-0.25, -0.2) is 0 Å². The fourth-order valence-corrected chi connectivity index (χ4v) is 4.44. The summed E-state index contributed by atoms with van der Waals surface area (Å²) in [4.78, 5) is 27.5. The van der Waals surface area contributed by atoms with Gasteiger partial charge in [0.05, 0.1) is 12.0 Å². The number of amides is 2. The van der Waals surface area contributed by atoms with Crippen LogP contribution in [0.3, 0.4) is 0 Å². The lowest BCUT2D eigenvalue weighted by Gasteiger charge is -2.27. The van der Waals surface area contributed by atoms with Crippen LogP contribution in [0.15, 0.2) is 17.5 Å². The Morgan fingerprint density at radius 2 is 2.10 bits per heavy atom. The summed E-state index contributed by atoms with van der Waals surface area (Å²) in [5, 5.41) is 5.18. The van der Waals surface area contributed by atoms with Crippen LogP contribution < -0.4 is 5.32 Å². The minimum atomic E-state index is -0.247. The van der Waals surface area contributed by atoms with Gasteiger partial charge >= 0.3 is 0 Å². The fraction of sp³-hybridized carbons (Fsp3) is 0.625. The Labute approximate surface area is 129 Å². The van der Waals surface area contributed by atoms with Gasteiger partial charge in [-0.15, -0.1) is 11.3 Å². The standard InChI is InChI=1S/C16H22N2O2S/c1-18-14(19)10-12(15(18)13-8-5-9-21-13)16(20)17-11-6-3-2-4-7-11/h5,8-9,11-12,15H,2-4,6-7,10H2,1H3,(H,17,20)/t12-,15-/m0/s1. The van der Waals surface area contributed by atoms with Crippen LogP contribution in [0.1, 0.15) is 49.4 Å². The molecular formula is C16H22N2O2S. The molecule has 1 N–H and O–H groups in total. The number of thiophene rings is 1. The Morgan fingerprint density at radius 3 is 2.76 bits per heavy atom. The second-order valence-corrected chi connectivity index (χ2v) is 7.10. The van der Waals surface area contributed by atoms with Crippen LogP contribution >= 0.6 is 11.3 Å². The summed E-state index contributed by atoms with van der Waals surface area (Å²) in [5.41, 5.74) is 0. The average Bonchev–Trinajstić information content (AvgIpc) is 3.09. The molecule has 2 fully saturated rings. The zero-order valence-corrected chi connectivity index (χ0v) is 13.2. The van der Waals surface area contributed by atoms with Crippen molar-refractivity contribution in [2.45, 2.75) is 50.6 Å². The van der Waals surface area contributed by atoms with Crippen LogP contribution in [-0.2, 0) is 9.59 Å². The van der Waals surface area contributed by atoms with E-state index in [2.05, 4.69) is 5.32 Å². The van der Waals surface area contributed by atoms with Crippen LogP contribution in [0.25, 0.3) is 0 Å². The molecule has 1 aliphatic carbocycles. The van der Waals surface area contributed by atoms with E-state index in [0.717, 1.165) is 17.7 Å². The van der Waals surface area contributed by atoms with Gasteiger partial charge in [-0.05, 0) is 24.3 Å². The normalized spacial score (nSPS) is 27.1. The SMILES string of the molecule is CN1C(=O)C[C@H](C(=O)NC2CCCCC2)[C@H]1c1cccs1. The monoisotopic (exact) mass is 306 g/mol. The summed E-state index contributed by atoms with van der Waals surface area (Å²) in [7, 11) is 1.81. The molecule has 4 nitrogen and oxygen atoms in total. The minimum Gasteiger partial charge on any atom is -0.353 e. The quantitative estimate of drug-likeness (QED) is 0.933. The first kappa shape index (κ1) is 14.6. The minimum absolute atomic E-state index is 0.0537. The summed E-state index contributed by atoms with van der Waals surface area (Å²) in [6.45, 7) is 0. The molecule has 0 unspecified atom stereocenters. The van der Waals surface area contributed by atoms with Crippen LogP contribution in [-0.4, -0.2) is 29.8 Å². The van der Waals surface area contributed by atoms with Crippen molar-refractivity contribution in [3.05, 3.63) is 22.4 Å². The Kier molecular flexibility index (Phi) is 4.29. The van der Waals surface area contributed by atoms with Crippen molar-refractivity contribution in [2.24, 2.45) is 5.92 Å². The number of hydrogen-bond donors (Lipinski definition) is 1. The Morgan fingerprint density at radius 1 is 1.33 bits per heavy atom. The van der Waals surface area contributed by atoms with E-state index in [1.54, 1.807) is 23.3 Å². The first-order valence-electron chi connectivity index (χ1n) is 7.76. The summed E-state index contributed by atoms with van der Waals surface area (Å²) in [6.07, 6.45) is 6.15. The van der Waals surface area contributed by atoms with Crippen molar-refractivity contribution < 1.29 is 9.59 Å². The van der Waals surface area contributed by atoms with Gasteiger partial charge in [0.2, 0.25) is 11.8 Å². The highest BCUT2D eigenvalue weighted by molar-refractivity contribution is 7.10. The smallest absolute Gasteiger partial charge is 0.226 e. The van der Waals surface area contributed by atoms with E-state index in [1.165, 1.54) is 19.3 Å². The van der Waals surface area contributed by atoms with Crippen LogP contribution in [0.5, 0.6) is 0 Å². The van der Waals surface area contributed by atoms with Gasteiger partial charge in [-0.1, -0.05) is 25.3 Å². The summed E-state index contributed by atoms with van der Waals surface area (Å²) in [6, 6.07) is 4.20. The van der Waals surface area contributed by atoms with Gasteiger partial charge in [0.25, 0.3) is 0 Å². The lowest BCUT2D eigenvalue weighted by Crippen LogP contribution is -2.41. The second-order valence-electron chi connectivity index (χ2n) is 6.12. The molecule has 0 aromatic carbocycles. The van der Waals surface area contributed by atoms with E-state index in [4.69, 9.17) is 0 Å². The maximum absolute atomic E-state index is 12.6. The summed E-state index contributed by atoms with van der Waals surface area (Å²) in [5.74, 6) is -0.127. The van der Waals surface area contributed by atoms with Crippen molar-refractivity contribution in [1.82, 2.24) is 10.2 Å². The molecule has 2 aliphatic rings. The predicted molar refractivity (Wildman–Crippen MR) is 83.0 cm³/mol. The molecule has 2 amide bonds. The predicted octanol–water partition coefficient (Wildman–Crippen LogP) is 2.72. The molecule has 2 heterocycles. The van der Waals surface area contributed by atoms with Crippen molar-refractivity contribution >= 4 is 23.2 Å². The second kappa shape index (κ2) is 6.18. The molecule has 0 radical (unpaired) electrons. The number of hydrogen-bond acceptors (Lipinski definition) is 3. The van der Waals surface area contributed by atoms with Crippen molar-refractivity contribution in [3.63, 3.8) is 0 Å². The molecular weight excluding hydrogens is 284 g/mol. The summed E-state index contributed by atoms with van der Waals surface area (Å²) < 4.78 is 0. The number of nitrogens with one attached hydrogen (secondary N) is 1. The van der Waals surface area contributed by atoms with Crippen molar-refractivity contribution in [3.8, 4) is 0 Å². The molecule has 114 valence electrons. The Hall–Kier alpha value is -1.36. The van der Waals surface area contributed by atoms with Gasteiger partial charge < -0.3 is 10.2 Å². The third-order valence-electron chi connectivity index (χ3n) is 4.71. The van der Waals surface area contributed by atoms with E-state index in [9.17, 15) is 9.59 Å². The molecule has 21 heavy (non-hydrogen) atoms. The molecule has 1 aromatic heterocycles. The number of carbonyl (C=O) groups excluding carboxylic acids is 2. The van der Waals surface area contributed by atoms with Gasteiger partial charge in [0.15, 0.2) is 0 Å². The Bertz CT molecular complexity index is 508. The maximum Gasteiger partial charge on any atom is 0.226 e. The number of carbonyl (C=O) groups is 2. The zero-order valence-electron chi connectivity index (χ0n) is 12.4. The van der Waals surface area contributed by atoms with E-state index in [1.807, 2.05) is 17.5 Å². The molecule has 5 heteroatoms. The maximum atomic E-state index is 12.6. The number of likely N-dealkylation sites (tertiary alicyclic amines) is 1. The summed E-state index contributed by atoms with van der Waals surface area (Å²) >= 11 is 1.62. The van der Waals surface area contributed by atoms with Crippen LogP contribution in [0.2, 0.25) is 0 Å². The van der Waals surface area contributed by atoms with Crippen LogP contribution in [0, 0.1) is 5.92 Å². The topological polar surface area (TPSA) is 49.4 Å². The third-order valence-corrected chi connectivity index (χ3v) is 5.65. The highest BCUT2D eigenvalue weighted by Gasteiger charge is 2.43. The first-order valence-corrected chi connectivity index (χ1v) is 8.64. The van der Waals surface area contributed by atoms with Crippen LogP contribution in [0.4, 0.5) is 0 Å². The zero-order chi connectivity index (χ0) is 14.8. The highest BCUT2D eigenvalue weighted by atomic mass is 32.1. The molecule has 0 spiro atoms. The van der Waals surface area contributed by atoms with E-state index < -0.39 is 0 Å². The highest BCUT2D eigenvalue weighted by Crippen LogP contribution is 2.39. The van der Waals surface area contributed by atoms with Gasteiger partial charge in [0.1, 0.15) is 0 Å². The van der Waals surface area contributed by atoms with Gasteiger partial charge in [-0.2, -0.15) is 0 Å². The fourth-order valence-electron chi connectivity index (χ4n) is 3.51. The average molecular weight is 306 g/mol.